The molecule has 0 spiro atoms. The molecule has 0 radical (unpaired) electrons. The van der Waals surface area contributed by atoms with Crippen LogP contribution in [0.25, 0.3) is 0 Å². The van der Waals surface area contributed by atoms with Crippen molar-refractivity contribution < 1.29 is 18.0 Å². The molecule has 1 amide bonds. The van der Waals surface area contributed by atoms with Gasteiger partial charge in [-0.1, -0.05) is 43.7 Å². The van der Waals surface area contributed by atoms with E-state index >= 15 is 0 Å². The summed E-state index contributed by atoms with van der Waals surface area (Å²) in [5, 5.41) is 2.76. The summed E-state index contributed by atoms with van der Waals surface area (Å²) >= 11 is 0. The summed E-state index contributed by atoms with van der Waals surface area (Å²) in [4.78, 5) is 12.1. The number of carbonyl (C=O) groups is 1. The monoisotopic (exact) mass is 299 g/mol. The maximum Gasteiger partial charge on any atom is 0.389 e. The lowest BCUT2D eigenvalue weighted by Crippen LogP contribution is -2.36. The van der Waals surface area contributed by atoms with Gasteiger partial charge in [0.05, 0.1) is 6.04 Å². The van der Waals surface area contributed by atoms with Crippen LogP contribution in [-0.4, -0.2) is 18.1 Å². The first kappa shape index (κ1) is 17.3. The first-order valence-electron chi connectivity index (χ1n) is 6.94. The van der Waals surface area contributed by atoms with Gasteiger partial charge < -0.3 is 5.32 Å². The third-order valence-corrected chi connectivity index (χ3v) is 3.14. The fourth-order valence-electron chi connectivity index (χ4n) is 1.97. The van der Waals surface area contributed by atoms with Crippen molar-refractivity contribution in [2.24, 2.45) is 0 Å². The van der Waals surface area contributed by atoms with Crippen LogP contribution in [0.15, 0.2) is 42.5 Å². The number of benzene rings is 1. The molecule has 0 saturated heterocycles. The van der Waals surface area contributed by atoms with E-state index in [4.69, 9.17) is 0 Å². The lowest BCUT2D eigenvalue weighted by atomic mass is 9.99. The van der Waals surface area contributed by atoms with Crippen LogP contribution in [0, 0.1) is 0 Å². The van der Waals surface area contributed by atoms with Crippen molar-refractivity contribution in [1.29, 1.82) is 0 Å². The highest BCUT2D eigenvalue weighted by molar-refractivity contribution is 5.94. The third-order valence-electron chi connectivity index (χ3n) is 3.14. The Labute approximate surface area is 123 Å². The molecule has 1 N–H and O–H groups in total. The second-order valence-electron chi connectivity index (χ2n) is 4.95. The van der Waals surface area contributed by atoms with Gasteiger partial charge in [-0.2, -0.15) is 13.2 Å². The molecule has 1 rings (SSSR count). The molecule has 1 atom stereocenters. The molecule has 1 aromatic carbocycles. The van der Waals surface area contributed by atoms with Gasteiger partial charge >= 0.3 is 6.18 Å². The van der Waals surface area contributed by atoms with Gasteiger partial charge in [0.15, 0.2) is 0 Å². The molecule has 0 fully saturated rings. The van der Waals surface area contributed by atoms with E-state index in [1.54, 1.807) is 30.3 Å². The quantitative estimate of drug-likeness (QED) is 0.739. The number of halogens is 3. The molecule has 0 aromatic heterocycles. The molecule has 116 valence electrons. The van der Waals surface area contributed by atoms with Crippen molar-refractivity contribution in [3.63, 3.8) is 0 Å². The van der Waals surface area contributed by atoms with Crippen LogP contribution in [0.5, 0.6) is 0 Å². The van der Waals surface area contributed by atoms with Crippen LogP contribution in [0.4, 0.5) is 13.2 Å². The Bertz CT molecular complexity index is 468. The summed E-state index contributed by atoms with van der Waals surface area (Å²) in [7, 11) is 0. The van der Waals surface area contributed by atoms with Crippen molar-refractivity contribution in [3.05, 3.63) is 48.0 Å². The Morgan fingerprint density at radius 1 is 1.29 bits per heavy atom. The van der Waals surface area contributed by atoms with Crippen molar-refractivity contribution in [2.45, 2.75) is 44.8 Å². The summed E-state index contributed by atoms with van der Waals surface area (Å²) in [6, 6.07) is 8.17. The lowest BCUT2D eigenvalue weighted by molar-refractivity contribution is -0.134. The highest BCUT2D eigenvalue weighted by Crippen LogP contribution is 2.25. The molecule has 21 heavy (non-hydrogen) atoms. The Balaban J connectivity index is 2.64. The number of nitrogens with one attached hydrogen (secondary N) is 1. The normalized spacial score (nSPS) is 12.8. The maximum atomic E-state index is 12.3. The van der Waals surface area contributed by atoms with E-state index in [2.05, 4.69) is 11.9 Å². The first-order chi connectivity index (χ1) is 9.83. The van der Waals surface area contributed by atoms with E-state index in [0.29, 0.717) is 17.6 Å². The number of alkyl halides is 3. The van der Waals surface area contributed by atoms with Gasteiger partial charge in [-0.3, -0.25) is 4.79 Å². The van der Waals surface area contributed by atoms with E-state index in [0.717, 1.165) is 6.42 Å². The Morgan fingerprint density at radius 2 is 1.90 bits per heavy atom. The lowest BCUT2D eigenvalue weighted by Gasteiger charge is -2.21. The first-order valence-corrected chi connectivity index (χ1v) is 6.94. The maximum absolute atomic E-state index is 12.3. The molecule has 0 aliphatic carbocycles. The minimum Gasteiger partial charge on any atom is -0.346 e. The number of hydrogen-bond donors (Lipinski definition) is 1. The van der Waals surface area contributed by atoms with Crippen LogP contribution < -0.4 is 5.32 Å². The fraction of sp³-hybridized carbons (Fsp3) is 0.438. The van der Waals surface area contributed by atoms with E-state index in [1.807, 2.05) is 6.92 Å². The predicted molar refractivity (Wildman–Crippen MR) is 77.0 cm³/mol. The Kier molecular flexibility index (Phi) is 6.46. The van der Waals surface area contributed by atoms with Crippen LogP contribution in [0.2, 0.25) is 0 Å². The highest BCUT2D eigenvalue weighted by atomic mass is 19.4. The highest BCUT2D eigenvalue weighted by Gasteiger charge is 2.28. The summed E-state index contributed by atoms with van der Waals surface area (Å²) in [5.41, 5.74) is 0.903. The summed E-state index contributed by atoms with van der Waals surface area (Å²) in [6.45, 7) is 5.62. The molecule has 2 nitrogen and oxygen atoms in total. The minimum absolute atomic E-state index is 0.163. The van der Waals surface area contributed by atoms with E-state index in [-0.39, 0.29) is 12.3 Å². The molecular formula is C16H20F3NO. The van der Waals surface area contributed by atoms with Gasteiger partial charge in [-0.05, 0) is 25.0 Å². The topological polar surface area (TPSA) is 29.1 Å². The molecular weight excluding hydrogens is 279 g/mol. The molecule has 0 heterocycles. The van der Waals surface area contributed by atoms with E-state index < -0.39 is 18.6 Å². The van der Waals surface area contributed by atoms with Crippen molar-refractivity contribution in [2.75, 3.05) is 0 Å². The van der Waals surface area contributed by atoms with Crippen molar-refractivity contribution in [1.82, 2.24) is 5.32 Å². The SMILES string of the molecule is C=C(CCC(F)(F)F)C(CCC)NC(=O)c1ccccc1. The number of carbonyl (C=O) groups excluding carboxylic acids is 1. The zero-order chi connectivity index (χ0) is 15.9. The number of hydrogen-bond acceptors (Lipinski definition) is 1. The van der Waals surface area contributed by atoms with Gasteiger partial charge in [0, 0.05) is 12.0 Å². The van der Waals surface area contributed by atoms with Crippen LogP contribution >= 0.6 is 0 Å². The van der Waals surface area contributed by atoms with Gasteiger partial charge in [0.25, 0.3) is 5.91 Å². The third kappa shape index (κ3) is 6.47. The standard InChI is InChI=1S/C16H20F3NO/c1-3-7-14(12(2)10-11-16(17,18)19)20-15(21)13-8-5-4-6-9-13/h4-6,8-9,14H,2-3,7,10-11H2,1H3,(H,20,21). The summed E-state index contributed by atoms with van der Waals surface area (Å²) < 4.78 is 36.8. The zero-order valence-corrected chi connectivity index (χ0v) is 12.0. The smallest absolute Gasteiger partial charge is 0.346 e. The summed E-state index contributed by atoms with van der Waals surface area (Å²) in [6.07, 6.45) is -3.94. The summed E-state index contributed by atoms with van der Waals surface area (Å²) in [5.74, 6) is -0.290. The second kappa shape index (κ2) is 7.86. The second-order valence-corrected chi connectivity index (χ2v) is 4.95. The minimum atomic E-state index is -4.21. The fourth-order valence-corrected chi connectivity index (χ4v) is 1.97. The largest absolute Gasteiger partial charge is 0.389 e. The van der Waals surface area contributed by atoms with Crippen molar-refractivity contribution >= 4 is 5.91 Å². The molecule has 0 aliphatic heterocycles. The molecule has 5 heteroatoms. The average Bonchev–Trinajstić information content (AvgIpc) is 2.44. The molecule has 0 bridgehead atoms. The van der Waals surface area contributed by atoms with Crippen LogP contribution in [-0.2, 0) is 0 Å². The molecule has 0 aliphatic rings. The van der Waals surface area contributed by atoms with Crippen molar-refractivity contribution in [3.8, 4) is 0 Å². The van der Waals surface area contributed by atoms with Gasteiger partial charge in [0.1, 0.15) is 0 Å². The van der Waals surface area contributed by atoms with E-state index in [9.17, 15) is 18.0 Å². The zero-order valence-electron chi connectivity index (χ0n) is 12.0. The molecule has 1 unspecified atom stereocenters. The Morgan fingerprint density at radius 3 is 2.43 bits per heavy atom. The van der Waals surface area contributed by atoms with Crippen LogP contribution in [0.1, 0.15) is 43.0 Å². The molecule has 1 aromatic rings. The van der Waals surface area contributed by atoms with E-state index in [1.165, 1.54) is 0 Å². The van der Waals surface area contributed by atoms with Gasteiger partial charge in [-0.25, -0.2) is 0 Å². The van der Waals surface area contributed by atoms with Gasteiger partial charge in [0.2, 0.25) is 0 Å². The predicted octanol–water partition coefficient (Wildman–Crippen LogP) is 4.48. The van der Waals surface area contributed by atoms with Crippen LogP contribution in [0.3, 0.4) is 0 Å². The average molecular weight is 299 g/mol. The van der Waals surface area contributed by atoms with Gasteiger partial charge in [-0.15, -0.1) is 0 Å². The molecule has 0 saturated carbocycles. The number of amides is 1. The Hall–Kier alpha value is -1.78. The number of rotatable bonds is 7.